The highest BCUT2D eigenvalue weighted by Gasteiger charge is 2.72. The first-order valence-electron chi connectivity index (χ1n) is 8.89. The number of rotatable bonds is 3. The fourth-order valence-electron chi connectivity index (χ4n) is 4.90. The first kappa shape index (κ1) is 16.1. The molecule has 1 aromatic carbocycles. The molecule has 4 nitrogen and oxygen atoms in total. The van der Waals surface area contributed by atoms with E-state index in [1.807, 2.05) is 60.3 Å². The van der Waals surface area contributed by atoms with Crippen molar-refractivity contribution >= 4 is 17.4 Å². The van der Waals surface area contributed by atoms with Gasteiger partial charge >= 0.3 is 0 Å². The van der Waals surface area contributed by atoms with Gasteiger partial charge in [0.1, 0.15) is 5.78 Å². The number of aromatic nitrogens is 1. The average molecular weight is 336 g/mol. The minimum atomic E-state index is -0.608. The molecule has 0 saturated heterocycles. The van der Waals surface area contributed by atoms with Crippen molar-refractivity contribution in [1.82, 2.24) is 4.57 Å². The maximum atomic E-state index is 13.3. The van der Waals surface area contributed by atoms with Crippen LogP contribution in [-0.4, -0.2) is 16.3 Å². The first-order chi connectivity index (χ1) is 11.8. The third-order valence-electron chi connectivity index (χ3n) is 7.17. The van der Waals surface area contributed by atoms with Crippen LogP contribution in [0.25, 0.3) is 5.69 Å². The van der Waals surface area contributed by atoms with Gasteiger partial charge in [0.15, 0.2) is 0 Å². The maximum absolute atomic E-state index is 13.3. The quantitative estimate of drug-likeness (QED) is 0.913. The monoisotopic (exact) mass is 336 g/mol. The van der Waals surface area contributed by atoms with Crippen molar-refractivity contribution in [1.29, 1.82) is 0 Å². The van der Waals surface area contributed by atoms with Gasteiger partial charge in [-0.3, -0.25) is 9.59 Å². The lowest BCUT2D eigenvalue weighted by Gasteiger charge is -2.38. The zero-order chi connectivity index (χ0) is 17.9. The number of Topliss-reactive ketones (excluding diaryl/α,β-unsaturated/α-hetero) is 1. The molecule has 2 aliphatic carbocycles. The van der Waals surface area contributed by atoms with Crippen molar-refractivity contribution in [2.45, 2.75) is 40.0 Å². The number of carbonyl (C=O) groups is 2. The van der Waals surface area contributed by atoms with E-state index in [0.717, 1.165) is 24.2 Å². The predicted molar refractivity (Wildman–Crippen MR) is 97.6 cm³/mol. The fraction of sp³-hybridized carbons (Fsp3) is 0.429. The lowest BCUT2D eigenvalue weighted by molar-refractivity contribution is -0.131. The van der Waals surface area contributed by atoms with Gasteiger partial charge in [-0.05, 0) is 42.5 Å². The molecule has 0 radical (unpaired) electrons. The number of fused-ring (bicyclic) bond motifs is 2. The molecule has 2 aliphatic rings. The summed E-state index contributed by atoms with van der Waals surface area (Å²) in [5.41, 5.74) is 0.387. The number of carbonyl (C=O) groups excluding carboxylic acids is 2. The molecule has 1 amide bonds. The van der Waals surface area contributed by atoms with E-state index in [2.05, 4.69) is 19.2 Å². The van der Waals surface area contributed by atoms with Gasteiger partial charge < -0.3 is 9.88 Å². The Morgan fingerprint density at radius 1 is 1.04 bits per heavy atom. The molecular formula is C21H24N2O2. The van der Waals surface area contributed by atoms with Gasteiger partial charge in [-0.15, -0.1) is 0 Å². The average Bonchev–Trinajstić information content (AvgIpc) is 3.21. The Balaban J connectivity index is 1.70. The fourth-order valence-corrected chi connectivity index (χ4v) is 4.90. The molecular weight excluding hydrogens is 312 g/mol. The number of anilines is 1. The van der Waals surface area contributed by atoms with Crippen LogP contribution in [0.3, 0.4) is 0 Å². The number of nitrogens with one attached hydrogen (secondary N) is 1. The normalized spacial score (nSPS) is 29.8. The summed E-state index contributed by atoms with van der Waals surface area (Å²) in [6.07, 6.45) is 5.84. The zero-order valence-corrected chi connectivity index (χ0v) is 15.0. The highest BCUT2D eigenvalue weighted by Crippen LogP contribution is 2.70. The van der Waals surface area contributed by atoms with E-state index in [0.29, 0.717) is 6.42 Å². The van der Waals surface area contributed by atoms with Crippen LogP contribution in [0.5, 0.6) is 0 Å². The van der Waals surface area contributed by atoms with E-state index in [1.165, 1.54) is 0 Å². The van der Waals surface area contributed by atoms with Crippen LogP contribution < -0.4 is 5.32 Å². The summed E-state index contributed by atoms with van der Waals surface area (Å²) in [5.74, 6) is 0.212. The van der Waals surface area contributed by atoms with Crippen LogP contribution in [0.15, 0.2) is 48.8 Å². The number of amides is 1. The molecule has 130 valence electrons. The van der Waals surface area contributed by atoms with E-state index in [9.17, 15) is 9.59 Å². The summed E-state index contributed by atoms with van der Waals surface area (Å²) in [6, 6.07) is 11.7. The standard InChI is InChI=1S/C21H24N2O2/c1-19(2)20(3)10-11-21(19,14-17(20)24)18(25)22-15-8-4-5-9-16(15)23-12-6-7-13-23/h4-9,12-13H,10-11,14H2,1-3H3,(H,22,25)/t20-,21-/m0/s1. The number of hydrogen-bond donors (Lipinski definition) is 1. The summed E-state index contributed by atoms with van der Waals surface area (Å²) < 4.78 is 1.98. The van der Waals surface area contributed by atoms with Gasteiger partial charge in [0, 0.05) is 24.2 Å². The van der Waals surface area contributed by atoms with Gasteiger partial charge in [0.05, 0.1) is 16.8 Å². The molecule has 4 rings (SSSR count). The smallest absolute Gasteiger partial charge is 0.231 e. The molecule has 2 fully saturated rings. The van der Waals surface area contributed by atoms with Gasteiger partial charge in [-0.2, -0.15) is 0 Å². The Labute approximate surface area is 148 Å². The number of ketones is 1. The molecule has 4 heteroatoms. The number of nitrogens with zero attached hydrogens (tertiary/aromatic N) is 1. The van der Waals surface area contributed by atoms with Crippen molar-refractivity contribution in [2.75, 3.05) is 5.32 Å². The summed E-state index contributed by atoms with van der Waals surface area (Å²) >= 11 is 0. The second-order valence-electron chi connectivity index (χ2n) is 8.20. The van der Waals surface area contributed by atoms with Crippen molar-refractivity contribution in [3.05, 3.63) is 48.8 Å². The van der Waals surface area contributed by atoms with E-state index in [-0.39, 0.29) is 22.5 Å². The minimum absolute atomic E-state index is 0.0216. The molecule has 0 spiro atoms. The van der Waals surface area contributed by atoms with Crippen molar-refractivity contribution < 1.29 is 9.59 Å². The molecule has 1 N–H and O–H groups in total. The van der Waals surface area contributed by atoms with Crippen molar-refractivity contribution in [2.24, 2.45) is 16.2 Å². The summed E-state index contributed by atoms with van der Waals surface area (Å²) in [7, 11) is 0. The van der Waals surface area contributed by atoms with E-state index in [1.54, 1.807) is 0 Å². The SMILES string of the molecule is CC1(C)[C@@]2(C(=O)Nc3ccccc3-n3cccc3)CC[C@@]1(C)C(=O)C2. The minimum Gasteiger partial charge on any atom is -0.324 e. The molecule has 2 atom stereocenters. The molecule has 25 heavy (non-hydrogen) atoms. The molecule has 1 heterocycles. The molecule has 0 unspecified atom stereocenters. The molecule has 2 aromatic rings. The van der Waals surface area contributed by atoms with Crippen LogP contribution in [0, 0.1) is 16.2 Å². The van der Waals surface area contributed by atoms with Crippen LogP contribution in [0.1, 0.15) is 40.0 Å². The molecule has 2 bridgehead atoms. The number of benzene rings is 1. The van der Waals surface area contributed by atoms with Crippen LogP contribution in [0.2, 0.25) is 0 Å². The van der Waals surface area contributed by atoms with Gasteiger partial charge in [-0.25, -0.2) is 0 Å². The first-order valence-corrected chi connectivity index (χ1v) is 8.89. The molecule has 2 saturated carbocycles. The lowest BCUT2D eigenvalue weighted by Crippen LogP contribution is -2.43. The highest BCUT2D eigenvalue weighted by atomic mass is 16.2. The van der Waals surface area contributed by atoms with E-state index < -0.39 is 5.41 Å². The number of para-hydroxylation sites is 2. The molecule has 1 aromatic heterocycles. The summed E-state index contributed by atoms with van der Waals surface area (Å²) in [5, 5.41) is 3.14. The Bertz CT molecular complexity index is 853. The maximum Gasteiger partial charge on any atom is 0.231 e. The van der Waals surface area contributed by atoms with Gasteiger partial charge in [-0.1, -0.05) is 32.9 Å². The third-order valence-corrected chi connectivity index (χ3v) is 7.17. The van der Waals surface area contributed by atoms with Gasteiger partial charge in [0.2, 0.25) is 5.91 Å². The highest BCUT2D eigenvalue weighted by molar-refractivity contribution is 6.05. The van der Waals surface area contributed by atoms with Crippen molar-refractivity contribution in [3.63, 3.8) is 0 Å². The Hall–Kier alpha value is -2.36. The van der Waals surface area contributed by atoms with E-state index in [4.69, 9.17) is 0 Å². The summed E-state index contributed by atoms with van der Waals surface area (Å²) in [4.78, 5) is 26.0. The topological polar surface area (TPSA) is 51.1 Å². The Morgan fingerprint density at radius 2 is 1.72 bits per heavy atom. The number of hydrogen-bond acceptors (Lipinski definition) is 2. The zero-order valence-electron chi connectivity index (χ0n) is 15.0. The predicted octanol–water partition coefficient (Wildman–Crippen LogP) is 4.20. The van der Waals surface area contributed by atoms with Crippen LogP contribution in [0.4, 0.5) is 5.69 Å². The largest absolute Gasteiger partial charge is 0.324 e. The van der Waals surface area contributed by atoms with Crippen LogP contribution >= 0.6 is 0 Å². The Kier molecular flexibility index (Phi) is 3.27. The second-order valence-corrected chi connectivity index (χ2v) is 8.20. The summed E-state index contributed by atoms with van der Waals surface area (Å²) in [6.45, 7) is 6.20. The van der Waals surface area contributed by atoms with E-state index >= 15 is 0 Å². The molecule has 0 aliphatic heterocycles. The van der Waals surface area contributed by atoms with Gasteiger partial charge in [0.25, 0.3) is 0 Å². The third kappa shape index (κ3) is 1.94. The second kappa shape index (κ2) is 5.07. The Morgan fingerprint density at radius 3 is 2.32 bits per heavy atom. The lowest BCUT2D eigenvalue weighted by atomic mass is 9.64. The van der Waals surface area contributed by atoms with Crippen LogP contribution in [-0.2, 0) is 9.59 Å². The van der Waals surface area contributed by atoms with Crippen molar-refractivity contribution in [3.8, 4) is 5.69 Å².